The van der Waals surface area contributed by atoms with Crippen LogP contribution in [-0.2, 0) is 10.0 Å². The van der Waals surface area contributed by atoms with Crippen molar-refractivity contribution in [2.24, 2.45) is 0 Å². The number of sulfonamides is 1. The van der Waals surface area contributed by atoms with E-state index < -0.39 is 10.0 Å². The summed E-state index contributed by atoms with van der Waals surface area (Å²) in [5.41, 5.74) is 5.88. The first-order valence-corrected chi connectivity index (χ1v) is 6.46. The molecule has 1 aliphatic rings. The van der Waals surface area contributed by atoms with Crippen molar-refractivity contribution in [1.29, 1.82) is 0 Å². The number of nitrogens with zero attached hydrogens (tertiary/aromatic N) is 2. The molecule has 1 aromatic heterocycles. The van der Waals surface area contributed by atoms with Gasteiger partial charge in [-0.1, -0.05) is 0 Å². The Labute approximate surface area is 94.5 Å². The normalized spacial score (nSPS) is 18.5. The Kier molecular flexibility index (Phi) is 3.08. The van der Waals surface area contributed by atoms with Crippen molar-refractivity contribution in [2.75, 3.05) is 31.9 Å². The van der Waals surface area contributed by atoms with Crippen LogP contribution < -0.4 is 11.1 Å². The van der Waals surface area contributed by atoms with Crippen LogP contribution in [0.4, 0.5) is 5.69 Å². The summed E-state index contributed by atoms with van der Waals surface area (Å²) in [5, 5.41) is 3.10. The van der Waals surface area contributed by atoms with E-state index in [9.17, 15) is 8.42 Å². The van der Waals surface area contributed by atoms with E-state index in [1.54, 1.807) is 0 Å². The monoisotopic (exact) mass is 242 g/mol. The van der Waals surface area contributed by atoms with Crippen LogP contribution in [0, 0.1) is 0 Å². The van der Waals surface area contributed by atoms with Crippen molar-refractivity contribution in [2.45, 2.75) is 4.90 Å². The minimum Gasteiger partial charge on any atom is -0.397 e. The first-order valence-electron chi connectivity index (χ1n) is 5.02. The van der Waals surface area contributed by atoms with Crippen molar-refractivity contribution in [1.82, 2.24) is 14.6 Å². The Hall–Kier alpha value is -1.18. The summed E-state index contributed by atoms with van der Waals surface area (Å²) >= 11 is 0. The number of pyridine rings is 1. The second-order valence-electron chi connectivity index (χ2n) is 3.61. The Morgan fingerprint density at radius 2 is 2.00 bits per heavy atom. The number of hydrogen-bond donors (Lipinski definition) is 2. The van der Waals surface area contributed by atoms with Gasteiger partial charge in [0.2, 0.25) is 10.0 Å². The number of nitrogens with two attached hydrogens (primary N) is 1. The quantitative estimate of drug-likeness (QED) is 0.713. The fraction of sp³-hybridized carbons (Fsp3) is 0.444. The van der Waals surface area contributed by atoms with Crippen LogP contribution >= 0.6 is 0 Å². The Morgan fingerprint density at radius 3 is 2.62 bits per heavy atom. The standard InChI is InChI=1S/C9H14N4O2S/c10-8-5-9(7-12-6-8)16(14,15)13-3-1-11-2-4-13/h5-7,11H,1-4,10H2. The SMILES string of the molecule is Nc1cncc(S(=O)(=O)N2CCNCC2)c1. The number of rotatable bonds is 2. The molecule has 2 rings (SSSR count). The molecule has 0 saturated carbocycles. The Balaban J connectivity index is 2.30. The fourth-order valence-corrected chi connectivity index (χ4v) is 3.05. The predicted octanol–water partition coefficient (Wildman–Crippen LogP) is -0.742. The zero-order valence-corrected chi connectivity index (χ0v) is 9.57. The summed E-state index contributed by atoms with van der Waals surface area (Å²) in [5.74, 6) is 0. The first kappa shape index (κ1) is 11.3. The molecule has 0 aromatic carbocycles. The number of nitrogen functional groups attached to an aromatic ring is 1. The largest absolute Gasteiger partial charge is 0.397 e. The molecule has 0 aliphatic carbocycles. The lowest BCUT2D eigenvalue weighted by molar-refractivity contribution is 0.360. The molecule has 0 unspecified atom stereocenters. The second-order valence-corrected chi connectivity index (χ2v) is 5.55. The van der Waals surface area contributed by atoms with Gasteiger partial charge in [-0.15, -0.1) is 0 Å². The molecule has 3 N–H and O–H groups in total. The molecule has 1 aliphatic heterocycles. The lowest BCUT2D eigenvalue weighted by atomic mass is 10.4. The minimum absolute atomic E-state index is 0.161. The number of hydrogen-bond acceptors (Lipinski definition) is 5. The van der Waals surface area contributed by atoms with Crippen LogP contribution in [0.1, 0.15) is 0 Å². The first-order chi connectivity index (χ1) is 7.60. The summed E-state index contributed by atoms with van der Waals surface area (Å²) in [6, 6.07) is 1.43. The summed E-state index contributed by atoms with van der Waals surface area (Å²) in [4.78, 5) is 3.96. The molecule has 0 atom stereocenters. The van der Waals surface area contributed by atoms with Crippen LogP contribution in [0.2, 0.25) is 0 Å². The molecule has 6 nitrogen and oxygen atoms in total. The van der Waals surface area contributed by atoms with E-state index in [2.05, 4.69) is 10.3 Å². The van der Waals surface area contributed by atoms with Gasteiger partial charge in [-0.05, 0) is 6.07 Å². The molecule has 1 aromatic rings. The van der Waals surface area contributed by atoms with E-state index >= 15 is 0 Å². The lowest BCUT2D eigenvalue weighted by Crippen LogP contribution is -2.46. The van der Waals surface area contributed by atoms with E-state index in [1.807, 2.05) is 0 Å². The molecule has 0 radical (unpaired) electrons. The molecule has 0 bridgehead atoms. The lowest BCUT2D eigenvalue weighted by Gasteiger charge is -2.26. The van der Waals surface area contributed by atoms with Crippen molar-refractivity contribution in [3.8, 4) is 0 Å². The van der Waals surface area contributed by atoms with E-state index in [0.717, 1.165) is 0 Å². The highest BCUT2D eigenvalue weighted by atomic mass is 32.2. The smallest absolute Gasteiger partial charge is 0.244 e. The Morgan fingerprint density at radius 1 is 1.31 bits per heavy atom. The van der Waals surface area contributed by atoms with Gasteiger partial charge >= 0.3 is 0 Å². The number of anilines is 1. The molecule has 88 valence electrons. The van der Waals surface area contributed by atoms with E-state index in [4.69, 9.17) is 5.73 Å². The van der Waals surface area contributed by atoms with Crippen LogP contribution in [-0.4, -0.2) is 43.9 Å². The average Bonchev–Trinajstić information content (AvgIpc) is 2.30. The van der Waals surface area contributed by atoms with Crippen molar-refractivity contribution in [3.05, 3.63) is 18.5 Å². The highest BCUT2D eigenvalue weighted by molar-refractivity contribution is 7.89. The second kappa shape index (κ2) is 4.36. The number of aromatic nitrogens is 1. The van der Waals surface area contributed by atoms with E-state index in [0.29, 0.717) is 31.9 Å². The zero-order chi connectivity index (χ0) is 11.6. The maximum Gasteiger partial charge on any atom is 0.244 e. The summed E-state index contributed by atoms with van der Waals surface area (Å²) in [6.45, 7) is 2.32. The maximum atomic E-state index is 12.1. The van der Waals surface area contributed by atoms with Crippen molar-refractivity contribution >= 4 is 15.7 Å². The van der Waals surface area contributed by atoms with Crippen LogP contribution in [0.3, 0.4) is 0 Å². The third kappa shape index (κ3) is 2.16. The highest BCUT2D eigenvalue weighted by Gasteiger charge is 2.25. The van der Waals surface area contributed by atoms with E-state index in [1.165, 1.54) is 22.8 Å². The van der Waals surface area contributed by atoms with Gasteiger partial charge in [-0.25, -0.2) is 8.42 Å². The zero-order valence-electron chi connectivity index (χ0n) is 8.76. The van der Waals surface area contributed by atoms with Gasteiger partial charge in [0.15, 0.2) is 0 Å². The number of piperazine rings is 1. The third-order valence-corrected chi connectivity index (χ3v) is 4.31. The van der Waals surface area contributed by atoms with Gasteiger partial charge in [0.1, 0.15) is 4.90 Å². The molecular formula is C9H14N4O2S. The van der Waals surface area contributed by atoms with Crippen LogP contribution in [0.25, 0.3) is 0 Å². The van der Waals surface area contributed by atoms with Gasteiger partial charge < -0.3 is 11.1 Å². The maximum absolute atomic E-state index is 12.1. The van der Waals surface area contributed by atoms with Crippen LogP contribution in [0.15, 0.2) is 23.4 Å². The topological polar surface area (TPSA) is 88.3 Å². The molecule has 1 fully saturated rings. The molecule has 0 spiro atoms. The molecule has 0 amide bonds. The molecule has 7 heteroatoms. The predicted molar refractivity (Wildman–Crippen MR) is 60.3 cm³/mol. The molecule has 16 heavy (non-hydrogen) atoms. The summed E-state index contributed by atoms with van der Waals surface area (Å²) < 4.78 is 25.7. The Bertz CT molecular complexity index is 468. The van der Waals surface area contributed by atoms with Crippen LogP contribution in [0.5, 0.6) is 0 Å². The fourth-order valence-electron chi connectivity index (χ4n) is 1.61. The van der Waals surface area contributed by atoms with Gasteiger partial charge in [0.05, 0.1) is 5.69 Å². The van der Waals surface area contributed by atoms with Crippen molar-refractivity contribution in [3.63, 3.8) is 0 Å². The van der Waals surface area contributed by atoms with Gasteiger partial charge in [-0.3, -0.25) is 4.98 Å². The van der Waals surface area contributed by atoms with Gasteiger partial charge in [0, 0.05) is 38.6 Å². The number of nitrogens with one attached hydrogen (secondary N) is 1. The molecule has 2 heterocycles. The minimum atomic E-state index is -3.43. The summed E-state index contributed by atoms with van der Waals surface area (Å²) in [7, 11) is -3.43. The summed E-state index contributed by atoms with van der Waals surface area (Å²) in [6.07, 6.45) is 2.75. The average molecular weight is 242 g/mol. The van der Waals surface area contributed by atoms with Gasteiger partial charge in [0.25, 0.3) is 0 Å². The molecule has 1 saturated heterocycles. The highest BCUT2D eigenvalue weighted by Crippen LogP contribution is 2.16. The third-order valence-electron chi connectivity index (χ3n) is 2.45. The van der Waals surface area contributed by atoms with E-state index in [-0.39, 0.29) is 4.90 Å². The molecular weight excluding hydrogens is 228 g/mol. The van der Waals surface area contributed by atoms with Crippen molar-refractivity contribution < 1.29 is 8.42 Å². The van der Waals surface area contributed by atoms with Gasteiger partial charge in [-0.2, -0.15) is 4.31 Å².